The summed E-state index contributed by atoms with van der Waals surface area (Å²) in [6, 6.07) is 2.76. The van der Waals surface area contributed by atoms with Crippen molar-refractivity contribution in [3.05, 3.63) is 33.0 Å². The number of halogens is 3. The summed E-state index contributed by atoms with van der Waals surface area (Å²) < 4.78 is 13.6. The van der Waals surface area contributed by atoms with E-state index >= 15 is 0 Å². The zero-order chi connectivity index (χ0) is 9.14. The summed E-state index contributed by atoms with van der Waals surface area (Å²) in [5.74, 6) is -0.448. The Kier molecular flexibility index (Phi) is 3.46. The Balaban J connectivity index is 3.10. The third-order valence-corrected chi connectivity index (χ3v) is 2.29. The van der Waals surface area contributed by atoms with Gasteiger partial charge in [-0.05, 0) is 12.1 Å². The van der Waals surface area contributed by atoms with Gasteiger partial charge < -0.3 is 5.21 Å². The van der Waals surface area contributed by atoms with Gasteiger partial charge in [0.05, 0.1) is 0 Å². The van der Waals surface area contributed by atoms with E-state index in [1.807, 2.05) is 5.48 Å². The van der Waals surface area contributed by atoms with E-state index in [2.05, 4.69) is 15.9 Å². The van der Waals surface area contributed by atoms with E-state index in [0.717, 1.165) is 0 Å². The zero-order valence-electron chi connectivity index (χ0n) is 5.94. The van der Waals surface area contributed by atoms with Gasteiger partial charge in [-0.15, -0.1) is 0 Å². The Labute approximate surface area is 82.4 Å². The van der Waals surface area contributed by atoms with Crippen molar-refractivity contribution in [2.24, 2.45) is 0 Å². The molecule has 0 aliphatic rings. The maximum absolute atomic E-state index is 13.0. The van der Waals surface area contributed by atoms with Gasteiger partial charge in [-0.1, -0.05) is 27.5 Å². The van der Waals surface area contributed by atoms with Crippen molar-refractivity contribution in [2.75, 3.05) is 0 Å². The molecule has 0 heterocycles. The lowest BCUT2D eigenvalue weighted by Gasteiger charge is -2.04. The second-order valence-electron chi connectivity index (χ2n) is 2.18. The smallest absolute Gasteiger partial charge is 0.130 e. The molecular weight excluding hydrogens is 248 g/mol. The molecule has 2 N–H and O–H groups in total. The van der Waals surface area contributed by atoms with Crippen LogP contribution in [0.15, 0.2) is 16.6 Å². The maximum Gasteiger partial charge on any atom is 0.130 e. The first kappa shape index (κ1) is 9.92. The summed E-state index contributed by atoms with van der Waals surface area (Å²) in [5, 5.41) is 8.69. The van der Waals surface area contributed by atoms with Gasteiger partial charge in [0.2, 0.25) is 0 Å². The summed E-state index contributed by atoms with van der Waals surface area (Å²) in [5.41, 5.74) is 2.22. The predicted octanol–water partition coefficient (Wildman–Crippen LogP) is 2.72. The minimum Gasteiger partial charge on any atom is -0.316 e. The van der Waals surface area contributed by atoms with Gasteiger partial charge in [0.1, 0.15) is 5.82 Å². The molecule has 0 fully saturated rings. The number of hydroxylamine groups is 1. The fourth-order valence-electron chi connectivity index (χ4n) is 0.820. The van der Waals surface area contributed by atoms with Crippen LogP contribution in [0.5, 0.6) is 0 Å². The normalized spacial score (nSPS) is 10.3. The third-order valence-electron chi connectivity index (χ3n) is 1.36. The fourth-order valence-corrected chi connectivity index (χ4v) is 1.73. The first-order valence-electron chi connectivity index (χ1n) is 3.15. The Hall–Kier alpha value is -0.160. The molecule has 66 valence electrons. The zero-order valence-corrected chi connectivity index (χ0v) is 8.28. The van der Waals surface area contributed by atoms with Crippen LogP contribution in [0.25, 0.3) is 0 Å². The topological polar surface area (TPSA) is 32.3 Å². The first-order valence-corrected chi connectivity index (χ1v) is 4.32. The van der Waals surface area contributed by atoms with E-state index < -0.39 is 5.82 Å². The minimum absolute atomic E-state index is 0.0452. The molecule has 0 unspecified atom stereocenters. The molecule has 1 aromatic rings. The highest BCUT2D eigenvalue weighted by molar-refractivity contribution is 9.10. The fraction of sp³-hybridized carbons (Fsp3) is 0.143. The molecule has 1 rings (SSSR count). The number of rotatable bonds is 2. The highest BCUT2D eigenvalue weighted by atomic mass is 79.9. The average Bonchev–Trinajstić information content (AvgIpc) is 1.96. The molecule has 0 radical (unpaired) electrons. The van der Waals surface area contributed by atoms with Crippen LogP contribution >= 0.6 is 27.5 Å². The van der Waals surface area contributed by atoms with Crippen LogP contribution in [-0.2, 0) is 6.54 Å². The molecule has 0 saturated carbocycles. The van der Waals surface area contributed by atoms with Crippen LogP contribution in [0, 0.1) is 5.82 Å². The molecule has 0 aliphatic heterocycles. The van der Waals surface area contributed by atoms with Gasteiger partial charge >= 0.3 is 0 Å². The minimum atomic E-state index is -0.448. The first-order chi connectivity index (χ1) is 5.65. The van der Waals surface area contributed by atoms with Gasteiger partial charge in [0.15, 0.2) is 0 Å². The van der Waals surface area contributed by atoms with Crippen molar-refractivity contribution >= 4 is 27.5 Å². The summed E-state index contributed by atoms with van der Waals surface area (Å²) in [6.07, 6.45) is 0. The second-order valence-corrected chi connectivity index (χ2v) is 3.47. The molecule has 0 bridgehead atoms. The number of hydrogen-bond donors (Lipinski definition) is 2. The van der Waals surface area contributed by atoms with Crippen molar-refractivity contribution < 1.29 is 9.60 Å². The number of hydrogen-bond acceptors (Lipinski definition) is 2. The predicted molar refractivity (Wildman–Crippen MR) is 47.7 cm³/mol. The lowest BCUT2D eigenvalue weighted by atomic mass is 10.2. The van der Waals surface area contributed by atoms with E-state index in [4.69, 9.17) is 16.8 Å². The standard InChI is InChI=1S/C7H6BrClFNO/c8-6-1-4(9)2-7(10)5(6)3-11-12/h1-2,11-12H,3H2. The van der Waals surface area contributed by atoms with E-state index in [0.29, 0.717) is 15.1 Å². The Morgan fingerprint density at radius 2 is 2.25 bits per heavy atom. The SMILES string of the molecule is ONCc1c(F)cc(Cl)cc1Br. The van der Waals surface area contributed by atoms with Crippen molar-refractivity contribution in [3.8, 4) is 0 Å². The van der Waals surface area contributed by atoms with Crippen molar-refractivity contribution in [1.82, 2.24) is 5.48 Å². The van der Waals surface area contributed by atoms with Gasteiger partial charge in [0.25, 0.3) is 0 Å². The van der Waals surface area contributed by atoms with Gasteiger partial charge in [-0.3, -0.25) is 0 Å². The van der Waals surface area contributed by atoms with Crippen LogP contribution in [0.3, 0.4) is 0 Å². The Bertz CT molecular complexity index is 272. The molecule has 0 spiro atoms. The highest BCUT2D eigenvalue weighted by Gasteiger charge is 2.07. The van der Waals surface area contributed by atoms with Crippen molar-refractivity contribution in [2.45, 2.75) is 6.54 Å². The quantitative estimate of drug-likeness (QED) is 0.796. The van der Waals surface area contributed by atoms with E-state index in [9.17, 15) is 4.39 Å². The van der Waals surface area contributed by atoms with E-state index in [-0.39, 0.29) is 6.54 Å². The van der Waals surface area contributed by atoms with Gasteiger partial charge in [-0.2, -0.15) is 0 Å². The summed E-state index contributed by atoms with van der Waals surface area (Å²) >= 11 is 8.69. The molecule has 0 saturated heterocycles. The van der Waals surface area contributed by atoms with Crippen molar-refractivity contribution in [1.29, 1.82) is 0 Å². The summed E-state index contributed by atoms with van der Waals surface area (Å²) in [4.78, 5) is 0. The van der Waals surface area contributed by atoms with E-state index in [1.165, 1.54) is 6.07 Å². The largest absolute Gasteiger partial charge is 0.316 e. The lowest BCUT2D eigenvalue weighted by molar-refractivity contribution is 0.159. The molecule has 12 heavy (non-hydrogen) atoms. The molecular formula is C7H6BrClFNO. The summed E-state index contributed by atoms with van der Waals surface area (Å²) in [7, 11) is 0. The summed E-state index contributed by atoms with van der Waals surface area (Å²) in [6.45, 7) is 0.0452. The highest BCUT2D eigenvalue weighted by Crippen LogP contribution is 2.24. The number of benzene rings is 1. The van der Waals surface area contributed by atoms with Crippen LogP contribution in [-0.4, -0.2) is 5.21 Å². The van der Waals surface area contributed by atoms with Crippen LogP contribution in [0.2, 0.25) is 5.02 Å². The molecule has 0 aliphatic carbocycles. The van der Waals surface area contributed by atoms with Crippen molar-refractivity contribution in [3.63, 3.8) is 0 Å². The van der Waals surface area contributed by atoms with Crippen LogP contribution in [0.4, 0.5) is 4.39 Å². The van der Waals surface area contributed by atoms with Crippen LogP contribution in [0.1, 0.15) is 5.56 Å². The molecule has 0 amide bonds. The van der Waals surface area contributed by atoms with Crippen LogP contribution < -0.4 is 5.48 Å². The average molecular weight is 254 g/mol. The lowest BCUT2D eigenvalue weighted by Crippen LogP contribution is -2.08. The van der Waals surface area contributed by atoms with Gasteiger partial charge in [-0.25, -0.2) is 9.87 Å². The number of nitrogens with one attached hydrogen (secondary N) is 1. The van der Waals surface area contributed by atoms with Gasteiger partial charge in [0, 0.05) is 21.6 Å². The molecule has 0 atom stereocenters. The second kappa shape index (κ2) is 4.18. The third kappa shape index (κ3) is 2.17. The Morgan fingerprint density at radius 3 is 2.75 bits per heavy atom. The van der Waals surface area contributed by atoms with E-state index in [1.54, 1.807) is 6.07 Å². The molecule has 5 heteroatoms. The maximum atomic E-state index is 13.0. The molecule has 1 aromatic carbocycles. The Morgan fingerprint density at radius 1 is 1.58 bits per heavy atom. The monoisotopic (exact) mass is 253 g/mol. The molecule has 0 aromatic heterocycles. The molecule has 2 nitrogen and oxygen atoms in total.